The monoisotopic (exact) mass is 294 g/mol. The van der Waals surface area contributed by atoms with Crippen LogP contribution in [0.25, 0.3) is 11.1 Å². The molecule has 1 N–H and O–H groups in total. The zero-order valence-electron chi connectivity index (χ0n) is 10.8. The lowest BCUT2D eigenvalue weighted by molar-refractivity contribution is -0.139. The first-order valence-corrected chi connectivity index (χ1v) is 6.04. The quantitative estimate of drug-likeness (QED) is 0.887. The van der Waals surface area contributed by atoms with Crippen molar-refractivity contribution in [2.24, 2.45) is 0 Å². The molecule has 0 spiro atoms. The summed E-state index contributed by atoms with van der Waals surface area (Å²) in [6, 6.07) is 12.9. The van der Waals surface area contributed by atoms with Gasteiger partial charge in [0, 0.05) is 0 Å². The number of carbonyl (C=O) groups is 1. The lowest BCUT2D eigenvalue weighted by Crippen LogP contribution is -2.09. The van der Waals surface area contributed by atoms with Gasteiger partial charge in [-0.1, -0.05) is 24.3 Å². The summed E-state index contributed by atoms with van der Waals surface area (Å²) in [6.07, 6.45) is 0. The van der Waals surface area contributed by atoms with E-state index in [9.17, 15) is 13.6 Å². The van der Waals surface area contributed by atoms with Crippen molar-refractivity contribution >= 4 is 5.97 Å². The van der Waals surface area contributed by atoms with E-state index in [0.717, 1.165) is 5.56 Å². The van der Waals surface area contributed by atoms with Crippen molar-refractivity contribution in [3.05, 3.63) is 48.5 Å². The molecular weight excluding hydrogens is 282 g/mol. The molecule has 2 rings (SSSR count). The first-order valence-electron chi connectivity index (χ1n) is 6.04. The average molecular weight is 294 g/mol. The van der Waals surface area contributed by atoms with Gasteiger partial charge in [-0.3, -0.25) is 0 Å². The Morgan fingerprint density at radius 2 is 1.76 bits per heavy atom. The third-order valence-corrected chi connectivity index (χ3v) is 2.61. The van der Waals surface area contributed by atoms with Gasteiger partial charge in [0.15, 0.2) is 6.61 Å². The van der Waals surface area contributed by atoms with Crippen LogP contribution in [-0.4, -0.2) is 24.3 Å². The second-order valence-corrected chi connectivity index (χ2v) is 4.11. The van der Waals surface area contributed by atoms with Gasteiger partial charge in [0.2, 0.25) is 0 Å². The van der Waals surface area contributed by atoms with Crippen LogP contribution in [0.1, 0.15) is 0 Å². The van der Waals surface area contributed by atoms with Crippen molar-refractivity contribution in [3.63, 3.8) is 0 Å². The van der Waals surface area contributed by atoms with Crippen LogP contribution in [0.4, 0.5) is 8.78 Å². The maximum absolute atomic E-state index is 12.2. The minimum absolute atomic E-state index is 0.0775. The second-order valence-electron chi connectivity index (χ2n) is 4.11. The van der Waals surface area contributed by atoms with Gasteiger partial charge in [-0.2, -0.15) is 8.78 Å². The molecule has 0 saturated carbocycles. The number of hydrogen-bond acceptors (Lipinski definition) is 3. The summed E-state index contributed by atoms with van der Waals surface area (Å²) in [5.41, 5.74) is 1.48. The Morgan fingerprint density at radius 3 is 2.38 bits per heavy atom. The van der Waals surface area contributed by atoms with Gasteiger partial charge in [0.25, 0.3) is 0 Å². The van der Waals surface area contributed by atoms with Gasteiger partial charge < -0.3 is 14.6 Å². The summed E-state index contributed by atoms with van der Waals surface area (Å²) < 4.78 is 33.7. The zero-order valence-corrected chi connectivity index (χ0v) is 10.8. The second kappa shape index (κ2) is 6.69. The molecule has 0 atom stereocenters. The van der Waals surface area contributed by atoms with Crippen molar-refractivity contribution < 1.29 is 28.2 Å². The maximum Gasteiger partial charge on any atom is 0.387 e. The van der Waals surface area contributed by atoms with Crippen LogP contribution in [0.5, 0.6) is 11.5 Å². The Bertz CT molecular complexity index is 611. The molecule has 0 aliphatic carbocycles. The third kappa shape index (κ3) is 4.45. The zero-order chi connectivity index (χ0) is 15.2. The van der Waals surface area contributed by atoms with E-state index in [1.54, 1.807) is 36.4 Å². The molecule has 0 fully saturated rings. The number of aliphatic carboxylic acids is 1. The molecule has 4 nitrogen and oxygen atoms in total. The normalized spacial score (nSPS) is 10.4. The molecule has 2 aromatic carbocycles. The van der Waals surface area contributed by atoms with E-state index in [2.05, 4.69) is 4.74 Å². The molecule has 0 amide bonds. The Morgan fingerprint density at radius 1 is 1.05 bits per heavy atom. The number of carboxylic acids is 1. The highest BCUT2D eigenvalue weighted by Crippen LogP contribution is 2.26. The number of hydrogen-bond donors (Lipinski definition) is 1. The van der Waals surface area contributed by atoms with Crippen molar-refractivity contribution in [1.29, 1.82) is 0 Å². The molecule has 0 aliphatic rings. The number of alkyl halides is 2. The van der Waals surface area contributed by atoms with Gasteiger partial charge in [-0.05, 0) is 35.4 Å². The van der Waals surface area contributed by atoms with Crippen molar-refractivity contribution in [2.75, 3.05) is 6.61 Å². The molecule has 21 heavy (non-hydrogen) atoms. The predicted octanol–water partition coefficient (Wildman–Crippen LogP) is 3.42. The Labute approximate surface area is 119 Å². The van der Waals surface area contributed by atoms with Gasteiger partial charge in [-0.15, -0.1) is 0 Å². The molecule has 6 heteroatoms. The minimum atomic E-state index is -2.87. The lowest BCUT2D eigenvalue weighted by atomic mass is 10.1. The first kappa shape index (κ1) is 14.8. The fourth-order valence-electron chi connectivity index (χ4n) is 1.74. The Balaban J connectivity index is 2.13. The molecule has 0 bridgehead atoms. The van der Waals surface area contributed by atoms with Gasteiger partial charge in [-0.25, -0.2) is 4.79 Å². The van der Waals surface area contributed by atoms with E-state index >= 15 is 0 Å². The van der Waals surface area contributed by atoms with E-state index in [4.69, 9.17) is 9.84 Å². The number of halogens is 2. The van der Waals surface area contributed by atoms with E-state index in [1.807, 2.05) is 0 Å². The SMILES string of the molecule is O=C(O)COc1ccc(-c2cccc(OC(F)F)c2)cc1. The number of rotatable bonds is 6. The fourth-order valence-corrected chi connectivity index (χ4v) is 1.74. The molecule has 0 heterocycles. The van der Waals surface area contributed by atoms with Gasteiger partial charge in [0.05, 0.1) is 0 Å². The smallest absolute Gasteiger partial charge is 0.387 e. The van der Waals surface area contributed by atoms with Crippen LogP contribution >= 0.6 is 0 Å². The molecule has 0 radical (unpaired) electrons. The van der Waals surface area contributed by atoms with E-state index < -0.39 is 19.2 Å². The predicted molar refractivity (Wildman–Crippen MR) is 71.6 cm³/mol. The van der Waals surface area contributed by atoms with E-state index in [0.29, 0.717) is 11.3 Å². The molecular formula is C15H12F2O4. The van der Waals surface area contributed by atoms with Crippen LogP contribution in [0, 0.1) is 0 Å². The Hall–Kier alpha value is -2.63. The topological polar surface area (TPSA) is 55.8 Å². The van der Waals surface area contributed by atoms with E-state index in [1.165, 1.54) is 12.1 Å². The third-order valence-electron chi connectivity index (χ3n) is 2.61. The molecule has 0 aliphatic heterocycles. The van der Waals surface area contributed by atoms with Crippen LogP contribution in [0.3, 0.4) is 0 Å². The summed E-state index contributed by atoms with van der Waals surface area (Å²) in [6.45, 7) is -3.29. The average Bonchev–Trinajstić information content (AvgIpc) is 2.45. The van der Waals surface area contributed by atoms with Gasteiger partial charge >= 0.3 is 12.6 Å². The van der Waals surface area contributed by atoms with Crippen LogP contribution in [-0.2, 0) is 4.79 Å². The van der Waals surface area contributed by atoms with Crippen LogP contribution in [0.2, 0.25) is 0 Å². The van der Waals surface area contributed by atoms with Gasteiger partial charge in [0.1, 0.15) is 11.5 Å². The van der Waals surface area contributed by atoms with Crippen molar-refractivity contribution in [1.82, 2.24) is 0 Å². The maximum atomic E-state index is 12.2. The highest BCUT2D eigenvalue weighted by Gasteiger charge is 2.06. The standard InChI is InChI=1S/C15H12F2O4/c16-15(17)21-13-3-1-2-11(8-13)10-4-6-12(7-5-10)20-9-14(18)19/h1-8,15H,9H2,(H,18,19). The highest BCUT2D eigenvalue weighted by atomic mass is 19.3. The molecule has 0 unspecified atom stereocenters. The molecule has 0 saturated heterocycles. The van der Waals surface area contributed by atoms with Crippen molar-refractivity contribution in [3.8, 4) is 22.6 Å². The number of carboxylic acid groups (broad SMARTS) is 1. The molecule has 0 aromatic heterocycles. The summed E-state index contributed by atoms with van der Waals surface area (Å²) in [5, 5.41) is 8.51. The highest BCUT2D eigenvalue weighted by molar-refractivity contribution is 5.69. The summed E-state index contributed by atoms with van der Waals surface area (Å²) in [4.78, 5) is 10.4. The number of ether oxygens (including phenoxy) is 2. The van der Waals surface area contributed by atoms with Crippen molar-refractivity contribution in [2.45, 2.75) is 6.61 Å². The molecule has 110 valence electrons. The largest absolute Gasteiger partial charge is 0.482 e. The minimum Gasteiger partial charge on any atom is -0.482 e. The number of benzene rings is 2. The van der Waals surface area contributed by atoms with E-state index in [-0.39, 0.29) is 5.75 Å². The summed E-state index contributed by atoms with van der Waals surface area (Å²) in [5.74, 6) is -0.564. The summed E-state index contributed by atoms with van der Waals surface area (Å²) >= 11 is 0. The summed E-state index contributed by atoms with van der Waals surface area (Å²) in [7, 11) is 0. The molecule has 2 aromatic rings. The Kier molecular flexibility index (Phi) is 4.71. The van der Waals surface area contributed by atoms with Crippen LogP contribution in [0.15, 0.2) is 48.5 Å². The first-order chi connectivity index (χ1) is 10.0. The lowest BCUT2D eigenvalue weighted by Gasteiger charge is -2.08. The fraction of sp³-hybridized carbons (Fsp3) is 0.133. The van der Waals surface area contributed by atoms with Crippen LogP contribution < -0.4 is 9.47 Å².